The number of aromatic nitrogens is 2. The quantitative estimate of drug-likeness (QED) is 0.634. The van der Waals surface area contributed by atoms with Crippen LogP contribution in [0.3, 0.4) is 0 Å². The fourth-order valence-electron chi connectivity index (χ4n) is 3.20. The van der Waals surface area contributed by atoms with Crippen LogP contribution in [0.25, 0.3) is 0 Å². The van der Waals surface area contributed by atoms with E-state index in [1.165, 1.54) is 11.1 Å². The molecule has 29 heavy (non-hydrogen) atoms. The van der Waals surface area contributed by atoms with Crippen molar-refractivity contribution in [2.75, 3.05) is 11.9 Å². The maximum Gasteiger partial charge on any atom is 0.314 e. The molecule has 1 aromatic heterocycles. The Hall–Kier alpha value is -3.41. The maximum absolute atomic E-state index is 12.1. The van der Waals surface area contributed by atoms with E-state index in [9.17, 15) is 9.59 Å². The van der Waals surface area contributed by atoms with E-state index in [4.69, 9.17) is 0 Å². The third-order valence-electron chi connectivity index (χ3n) is 4.91. The zero-order valence-corrected chi connectivity index (χ0v) is 17.0. The van der Waals surface area contributed by atoms with Crippen LogP contribution in [-0.2, 0) is 16.0 Å². The van der Waals surface area contributed by atoms with Crippen LogP contribution >= 0.6 is 0 Å². The van der Waals surface area contributed by atoms with Gasteiger partial charge in [-0.2, -0.15) is 5.10 Å². The van der Waals surface area contributed by atoms with Gasteiger partial charge in [-0.3, -0.25) is 14.3 Å². The summed E-state index contributed by atoms with van der Waals surface area (Å²) < 4.78 is 1.75. The number of carbonyl (C=O) groups excluding carboxylic acids is 2. The van der Waals surface area contributed by atoms with Gasteiger partial charge >= 0.3 is 11.8 Å². The van der Waals surface area contributed by atoms with Crippen LogP contribution in [0.2, 0.25) is 0 Å². The topological polar surface area (TPSA) is 76.0 Å². The van der Waals surface area contributed by atoms with Crippen LogP contribution in [0.4, 0.5) is 5.82 Å². The number of carbonyl (C=O) groups is 2. The molecule has 0 aliphatic rings. The van der Waals surface area contributed by atoms with Gasteiger partial charge in [-0.15, -0.1) is 0 Å². The van der Waals surface area contributed by atoms with Gasteiger partial charge in [-0.1, -0.05) is 54.1 Å². The van der Waals surface area contributed by atoms with Gasteiger partial charge in [0.05, 0.1) is 6.04 Å². The Kier molecular flexibility index (Phi) is 6.44. The van der Waals surface area contributed by atoms with Crippen molar-refractivity contribution in [1.82, 2.24) is 15.1 Å². The summed E-state index contributed by atoms with van der Waals surface area (Å²) in [6.45, 7) is 6.51. The van der Waals surface area contributed by atoms with Crippen molar-refractivity contribution in [3.63, 3.8) is 0 Å². The monoisotopic (exact) mass is 390 g/mol. The molecule has 3 rings (SSSR count). The molecular formula is C23H26N4O2. The second-order valence-electron chi connectivity index (χ2n) is 7.16. The molecule has 0 radical (unpaired) electrons. The zero-order chi connectivity index (χ0) is 20.8. The first-order valence-electron chi connectivity index (χ1n) is 9.69. The van der Waals surface area contributed by atoms with Crippen molar-refractivity contribution in [1.29, 1.82) is 0 Å². The summed E-state index contributed by atoms with van der Waals surface area (Å²) in [5.41, 5.74) is 4.65. The fraction of sp³-hybridized carbons (Fsp3) is 0.261. The minimum absolute atomic E-state index is 0.0217. The van der Waals surface area contributed by atoms with E-state index < -0.39 is 11.8 Å². The van der Waals surface area contributed by atoms with Crippen LogP contribution in [0.1, 0.15) is 35.2 Å². The van der Waals surface area contributed by atoms with Crippen molar-refractivity contribution in [3.8, 4) is 0 Å². The van der Waals surface area contributed by atoms with Gasteiger partial charge in [-0.05, 0) is 43.9 Å². The summed E-state index contributed by atoms with van der Waals surface area (Å²) in [7, 11) is 0. The maximum atomic E-state index is 12.1. The number of hydrogen-bond acceptors (Lipinski definition) is 3. The molecule has 1 atom stereocenters. The average Bonchev–Trinajstić information content (AvgIpc) is 3.18. The molecule has 0 saturated carbocycles. The van der Waals surface area contributed by atoms with Crippen molar-refractivity contribution in [3.05, 3.63) is 83.0 Å². The van der Waals surface area contributed by atoms with Crippen LogP contribution in [0.15, 0.2) is 60.8 Å². The lowest BCUT2D eigenvalue weighted by molar-refractivity contribution is -0.136. The number of nitrogens with one attached hydrogen (secondary N) is 2. The number of benzene rings is 2. The first-order chi connectivity index (χ1) is 13.9. The lowest BCUT2D eigenvalue weighted by Gasteiger charge is -2.12. The van der Waals surface area contributed by atoms with Crippen molar-refractivity contribution < 1.29 is 9.59 Å². The minimum atomic E-state index is -0.719. The van der Waals surface area contributed by atoms with Crippen molar-refractivity contribution in [2.24, 2.45) is 0 Å². The molecule has 6 nitrogen and oxygen atoms in total. The highest BCUT2D eigenvalue weighted by Gasteiger charge is 2.16. The number of anilines is 1. The molecule has 0 saturated heterocycles. The number of amides is 2. The van der Waals surface area contributed by atoms with Gasteiger partial charge in [0, 0.05) is 18.8 Å². The molecule has 2 aromatic carbocycles. The smallest absolute Gasteiger partial charge is 0.314 e. The van der Waals surface area contributed by atoms with Crippen LogP contribution in [0.5, 0.6) is 0 Å². The van der Waals surface area contributed by atoms with E-state index in [1.807, 2.05) is 57.2 Å². The lowest BCUT2D eigenvalue weighted by Crippen LogP contribution is -2.36. The summed E-state index contributed by atoms with van der Waals surface area (Å²) in [6, 6.07) is 17.9. The molecular weight excluding hydrogens is 364 g/mol. The SMILES string of the molecule is Cc1ccc(CCNC(=O)C(=O)Nc2ccn(C(C)c3ccccc3)n2)c(C)c1. The number of hydrogen-bond donors (Lipinski definition) is 2. The first-order valence-corrected chi connectivity index (χ1v) is 9.69. The van der Waals surface area contributed by atoms with Crippen molar-refractivity contribution >= 4 is 17.6 Å². The summed E-state index contributed by atoms with van der Waals surface area (Å²) in [6.07, 6.45) is 2.46. The van der Waals surface area contributed by atoms with Gasteiger partial charge in [0.1, 0.15) is 0 Å². The minimum Gasteiger partial charge on any atom is -0.347 e. The van der Waals surface area contributed by atoms with Gasteiger partial charge in [0.25, 0.3) is 0 Å². The normalized spacial score (nSPS) is 11.7. The number of nitrogens with zero attached hydrogens (tertiary/aromatic N) is 2. The Morgan fingerprint density at radius 2 is 1.79 bits per heavy atom. The molecule has 150 valence electrons. The average molecular weight is 390 g/mol. The molecule has 2 amide bonds. The Labute approximate surface area is 170 Å². The fourth-order valence-corrected chi connectivity index (χ4v) is 3.20. The van der Waals surface area contributed by atoms with E-state index in [-0.39, 0.29) is 6.04 Å². The summed E-state index contributed by atoms with van der Waals surface area (Å²) in [4.78, 5) is 24.2. The van der Waals surface area contributed by atoms with E-state index in [0.717, 1.165) is 11.1 Å². The highest BCUT2D eigenvalue weighted by atomic mass is 16.2. The predicted octanol–water partition coefficient (Wildman–Crippen LogP) is 3.41. The molecule has 0 aliphatic heterocycles. The second-order valence-corrected chi connectivity index (χ2v) is 7.16. The standard InChI is InChI=1S/C23H26N4O2/c1-16-9-10-19(17(2)15-16)11-13-24-22(28)23(29)25-21-12-14-27(26-21)18(3)20-7-5-4-6-8-20/h4-10,12,14-15,18H,11,13H2,1-3H3,(H,24,28)(H,25,26,29). The first kappa shape index (κ1) is 20.3. The molecule has 0 aliphatic carbocycles. The summed E-state index contributed by atoms with van der Waals surface area (Å²) >= 11 is 0. The molecule has 3 aromatic rings. The zero-order valence-electron chi connectivity index (χ0n) is 17.0. The molecule has 0 bridgehead atoms. The Balaban J connectivity index is 1.51. The molecule has 1 heterocycles. The predicted molar refractivity (Wildman–Crippen MR) is 114 cm³/mol. The van der Waals surface area contributed by atoms with Gasteiger partial charge in [-0.25, -0.2) is 0 Å². The third kappa shape index (κ3) is 5.31. The van der Waals surface area contributed by atoms with Crippen molar-refractivity contribution in [2.45, 2.75) is 33.2 Å². The van der Waals surface area contributed by atoms with E-state index in [2.05, 4.69) is 27.9 Å². The van der Waals surface area contributed by atoms with Gasteiger partial charge < -0.3 is 10.6 Å². The molecule has 0 fully saturated rings. The Morgan fingerprint density at radius 3 is 2.52 bits per heavy atom. The third-order valence-corrected chi connectivity index (χ3v) is 4.91. The van der Waals surface area contributed by atoms with Gasteiger partial charge in [0.2, 0.25) is 0 Å². The largest absolute Gasteiger partial charge is 0.347 e. The van der Waals surface area contributed by atoms with Crippen LogP contribution < -0.4 is 10.6 Å². The highest BCUT2D eigenvalue weighted by molar-refractivity contribution is 6.39. The molecule has 6 heteroatoms. The van der Waals surface area contributed by atoms with Crippen LogP contribution in [0, 0.1) is 13.8 Å². The Bertz CT molecular complexity index is 995. The lowest BCUT2D eigenvalue weighted by atomic mass is 10.0. The summed E-state index contributed by atoms with van der Waals surface area (Å²) in [5.74, 6) is -1.04. The molecule has 0 spiro atoms. The van der Waals surface area contributed by atoms with Gasteiger partial charge in [0.15, 0.2) is 5.82 Å². The highest BCUT2D eigenvalue weighted by Crippen LogP contribution is 2.17. The Morgan fingerprint density at radius 1 is 1.03 bits per heavy atom. The molecule has 1 unspecified atom stereocenters. The summed E-state index contributed by atoms with van der Waals surface area (Å²) in [5, 5.41) is 9.58. The second kappa shape index (κ2) is 9.19. The van der Waals surface area contributed by atoms with E-state index >= 15 is 0 Å². The number of rotatable bonds is 6. The molecule has 2 N–H and O–H groups in total. The van der Waals surface area contributed by atoms with Crippen LogP contribution in [-0.4, -0.2) is 28.1 Å². The van der Waals surface area contributed by atoms with E-state index in [0.29, 0.717) is 18.8 Å². The number of aryl methyl sites for hydroxylation is 2. The van der Waals surface area contributed by atoms with E-state index in [1.54, 1.807) is 16.9 Å².